The van der Waals surface area contributed by atoms with Crippen molar-refractivity contribution in [1.29, 1.82) is 0 Å². The average molecular weight is 290 g/mol. The lowest BCUT2D eigenvalue weighted by molar-refractivity contribution is 0.545. The fourth-order valence-electron chi connectivity index (χ4n) is 1.96. The Kier molecular flexibility index (Phi) is 3.53. The molecule has 6 nitrogen and oxygen atoms in total. The third kappa shape index (κ3) is 2.73. The molecule has 0 aromatic carbocycles. The minimum absolute atomic E-state index is 0.0307. The van der Waals surface area contributed by atoms with E-state index >= 15 is 0 Å². The van der Waals surface area contributed by atoms with Gasteiger partial charge in [-0.05, 0) is 19.1 Å². The van der Waals surface area contributed by atoms with Crippen LogP contribution in [0.4, 0.5) is 0 Å². The number of nitrogens with one attached hydrogen (secondary N) is 3. The van der Waals surface area contributed by atoms with E-state index < -0.39 is 0 Å². The molecule has 0 amide bonds. The number of hydrogen-bond donors (Lipinski definition) is 3. The lowest BCUT2D eigenvalue weighted by Crippen LogP contribution is -2.13. The lowest BCUT2D eigenvalue weighted by Gasteiger charge is -2.03. The molecule has 0 saturated heterocycles. The number of aromatic nitrogens is 3. The highest BCUT2D eigenvalue weighted by atomic mass is 32.1. The second-order valence-electron chi connectivity index (χ2n) is 4.46. The molecule has 20 heavy (non-hydrogen) atoms. The van der Waals surface area contributed by atoms with Gasteiger partial charge in [-0.2, -0.15) is 5.10 Å². The van der Waals surface area contributed by atoms with Crippen molar-refractivity contribution in [3.05, 3.63) is 50.4 Å². The molecule has 0 aliphatic carbocycles. The molecule has 0 bridgehead atoms. The summed E-state index contributed by atoms with van der Waals surface area (Å²) in [7, 11) is 0. The van der Waals surface area contributed by atoms with Crippen molar-refractivity contribution in [3.63, 3.8) is 0 Å². The van der Waals surface area contributed by atoms with Crippen LogP contribution >= 0.6 is 11.3 Å². The average Bonchev–Trinajstić information content (AvgIpc) is 3.11. The highest BCUT2D eigenvalue weighted by molar-refractivity contribution is 7.07. The summed E-state index contributed by atoms with van der Waals surface area (Å²) < 4.78 is 5.59. The zero-order valence-corrected chi connectivity index (χ0v) is 11.7. The van der Waals surface area contributed by atoms with Crippen molar-refractivity contribution in [3.8, 4) is 11.5 Å². The molecule has 3 heterocycles. The lowest BCUT2D eigenvalue weighted by atomic mass is 10.2. The minimum Gasteiger partial charge on any atom is -0.460 e. The van der Waals surface area contributed by atoms with Gasteiger partial charge in [-0.25, -0.2) is 0 Å². The summed E-state index contributed by atoms with van der Waals surface area (Å²) in [5, 5.41) is 12.1. The van der Waals surface area contributed by atoms with Crippen LogP contribution in [0.3, 0.4) is 0 Å². The van der Waals surface area contributed by atoms with E-state index in [1.54, 1.807) is 6.20 Å². The van der Waals surface area contributed by atoms with Gasteiger partial charge in [0.25, 0.3) is 0 Å². The van der Waals surface area contributed by atoms with Crippen molar-refractivity contribution >= 4 is 11.3 Å². The molecule has 3 N–H and O–H groups in total. The van der Waals surface area contributed by atoms with Gasteiger partial charge in [0.05, 0.1) is 6.20 Å². The van der Waals surface area contributed by atoms with Crippen LogP contribution in [0.15, 0.2) is 32.9 Å². The fraction of sp³-hybridized carbons (Fsp3) is 0.231. The zero-order chi connectivity index (χ0) is 13.9. The molecule has 0 fully saturated rings. The first-order valence-corrected chi connectivity index (χ1v) is 7.07. The molecule has 0 aliphatic heterocycles. The van der Waals surface area contributed by atoms with E-state index in [2.05, 4.69) is 20.5 Å². The van der Waals surface area contributed by atoms with Crippen molar-refractivity contribution in [2.75, 3.05) is 0 Å². The Morgan fingerprint density at radius 2 is 2.30 bits per heavy atom. The predicted molar refractivity (Wildman–Crippen MR) is 76.5 cm³/mol. The van der Waals surface area contributed by atoms with E-state index in [0.29, 0.717) is 13.1 Å². The third-order valence-corrected chi connectivity index (χ3v) is 3.62. The SMILES string of the molecule is Cc1ccc(-c2[nH]ncc2CNCc2csc(=O)[nH]2)o1. The van der Waals surface area contributed by atoms with E-state index in [1.165, 1.54) is 11.3 Å². The highest BCUT2D eigenvalue weighted by Crippen LogP contribution is 2.23. The first-order chi connectivity index (χ1) is 9.72. The van der Waals surface area contributed by atoms with Crippen LogP contribution in [0.25, 0.3) is 11.5 Å². The third-order valence-electron chi connectivity index (χ3n) is 2.91. The monoisotopic (exact) mass is 290 g/mol. The van der Waals surface area contributed by atoms with Crippen LogP contribution in [0.1, 0.15) is 17.0 Å². The Bertz CT molecular complexity index is 752. The Labute approximate surface area is 118 Å². The van der Waals surface area contributed by atoms with Crippen molar-refractivity contribution in [1.82, 2.24) is 20.5 Å². The van der Waals surface area contributed by atoms with Crippen LogP contribution < -0.4 is 10.2 Å². The molecule has 3 rings (SSSR count). The Balaban J connectivity index is 1.66. The van der Waals surface area contributed by atoms with Gasteiger partial charge in [-0.3, -0.25) is 9.89 Å². The van der Waals surface area contributed by atoms with Crippen molar-refractivity contribution in [2.45, 2.75) is 20.0 Å². The second-order valence-corrected chi connectivity index (χ2v) is 5.30. The van der Waals surface area contributed by atoms with Gasteiger partial charge in [0.1, 0.15) is 11.5 Å². The smallest absolute Gasteiger partial charge is 0.304 e. The minimum atomic E-state index is -0.0307. The Morgan fingerprint density at radius 3 is 3.00 bits per heavy atom. The summed E-state index contributed by atoms with van der Waals surface area (Å²) >= 11 is 1.17. The van der Waals surface area contributed by atoms with Gasteiger partial charge < -0.3 is 14.7 Å². The van der Waals surface area contributed by atoms with Crippen LogP contribution in [0, 0.1) is 6.92 Å². The summed E-state index contributed by atoms with van der Waals surface area (Å²) in [6.07, 6.45) is 1.77. The maximum Gasteiger partial charge on any atom is 0.304 e. The quantitative estimate of drug-likeness (QED) is 0.671. The van der Waals surface area contributed by atoms with Gasteiger partial charge in [0.15, 0.2) is 5.76 Å². The second kappa shape index (κ2) is 5.48. The molecule has 7 heteroatoms. The standard InChI is InChI=1S/C13H14N4O2S/c1-8-2-3-11(19-8)12-9(5-15-17-12)4-14-6-10-7-20-13(18)16-10/h2-3,5,7,14H,4,6H2,1H3,(H,15,17)(H,16,18). The largest absolute Gasteiger partial charge is 0.460 e. The number of hydrogen-bond acceptors (Lipinski definition) is 5. The zero-order valence-electron chi connectivity index (χ0n) is 10.9. The Hall–Kier alpha value is -2.12. The molecule has 0 saturated carbocycles. The van der Waals surface area contributed by atoms with Crippen LogP contribution in [0.5, 0.6) is 0 Å². The van der Waals surface area contributed by atoms with Crippen molar-refractivity contribution < 1.29 is 4.42 Å². The number of rotatable bonds is 5. The van der Waals surface area contributed by atoms with Crippen LogP contribution in [-0.2, 0) is 13.1 Å². The molecule has 3 aromatic heterocycles. The topological polar surface area (TPSA) is 86.7 Å². The van der Waals surface area contributed by atoms with Gasteiger partial charge in [0.2, 0.25) is 0 Å². The fourth-order valence-corrected chi connectivity index (χ4v) is 2.54. The number of aryl methyl sites for hydroxylation is 1. The van der Waals surface area contributed by atoms with Crippen molar-refractivity contribution in [2.24, 2.45) is 0 Å². The van der Waals surface area contributed by atoms with Crippen LogP contribution in [-0.4, -0.2) is 15.2 Å². The van der Waals surface area contributed by atoms with E-state index in [9.17, 15) is 4.79 Å². The van der Waals surface area contributed by atoms with Gasteiger partial charge in [-0.1, -0.05) is 11.3 Å². The van der Waals surface area contributed by atoms with E-state index in [4.69, 9.17) is 4.42 Å². The van der Waals surface area contributed by atoms with Gasteiger partial charge in [0, 0.05) is 29.7 Å². The van der Waals surface area contributed by atoms with Gasteiger partial charge in [-0.15, -0.1) is 0 Å². The number of furan rings is 1. The highest BCUT2D eigenvalue weighted by Gasteiger charge is 2.10. The molecule has 0 unspecified atom stereocenters. The summed E-state index contributed by atoms with van der Waals surface area (Å²) in [6.45, 7) is 3.16. The van der Waals surface area contributed by atoms with E-state index in [0.717, 1.165) is 28.5 Å². The maximum atomic E-state index is 11.0. The first kappa shape index (κ1) is 12.9. The van der Waals surface area contributed by atoms with E-state index in [1.807, 2.05) is 24.4 Å². The number of aromatic amines is 2. The summed E-state index contributed by atoms with van der Waals surface area (Å²) in [4.78, 5) is 13.8. The molecule has 3 aromatic rings. The van der Waals surface area contributed by atoms with Gasteiger partial charge >= 0.3 is 4.87 Å². The number of H-pyrrole nitrogens is 2. The Morgan fingerprint density at radius 1 is 1.40 bits per heavy atom. The summed E-state index contributed by atoms with van der Waals surface area (Å²) in [5.41, 5.74) is 2.79. The maximum absolute atomic E-state index is 11.0. The molecular formula is C13H14N4O2S. The molecule has 0 spiro atoms. The summed E-state index contributed by atoms with van der Waals surface area (Å²) in [6, 6.07) is 3.84. The molecular weight excluding hydrogens is 276 g/mol. The number of thiazole rings is 1. The van der Waals surface area contributed by atoms with Crippen LogP contribution in [0.2, 0.25) is 0 Å². The molecule has 0 aliphatic rings. The summed E-state index contributed by atoms with van der Waals surface area (Å²) in [5.74, 6) is 1.64. The molecule has 0 atom stereocenters. The molecule has 0 radical (unpaired) electrons. The molecule has 104 valence electrons. The first-order valence-electron chi connectivity index (χ1n) is 6.19. The predicted octanol–water partition coefficient (Wildman–Crippen LogP) is 2.02. The normalized spacial score (nSPS) is 11.1. The van der Waals surface area contributed by atoms with E-state index in [-0.39, 0.29) is 4.87 Å². The number of nitrogens with zero attached hydrogens (tertiary/aromatic N) is 1.